The van der Waals surface area contributed by atoms with Gasteiger partial charge in [-0.25, -0.2) is 4.98 Å². The van der Waals surface area contributed by atoms with Gasteiger partial charge in [0, 0.05) is 43.4 Å². The second-order valence-electron chi connectivity index (χ2n) is 6.86. The summed E-state index contributed by atoms with van der Waals surface area (Å²) >= 11 is 0. The number of rotatable bonds is 5. The second-order valence-corrected chi connectivity index (χ2v) is 6.86. The van der Waals surface area contributed by atoms with Crippen molar-refractivity contribution in [3.63, 3.8) is 0 Å². The Morgan fingerprint density at radius 1 is 1.29 bits per heavy atom. The summed E-state index contributed by atoms with van der Waals surface area (Å²) in [6.45, 7) is 1.81. The van der Waals surface area contributed by atoms with Gasteiger partial charge in [-0.1, -0.05) is 6.07 Å². The van der Waals surface area contributed by atoms with E-state index in [1.54, 1.807) is 18.6 Å². The van der Waals surface area contributed by atoms with Gasteiger partial charge >= 0.3 is 0 Å². The van der Waals surface area contributed by atoms with Crippen molar-refractivity contribution >= 4 is 5.82 Å². The molecule has 1 aliphatic heterocycles. The molecular weight excluding hydrogens is 302 g/mol. The van der Waals surface area contributed by atoms with Crippen molar-refractivity contribution < 1.29 is 0 Å². The van der Waals surface area contributed by atoms with Crippen LogP contribution in [-0.4, -0.2) is 39.6 Å². The second kappa shape index (κ2) is 6.36. The molecule has 2 aliphatic rings. The van der Waals surface area contributed by atoms with E-state index in [0.29, 0.717) is 23.8 Å². The monoisotopic (exact) mass is 325 g/mol. The zero-order chi connectivity index (χ0) is 16.5. The van der Waals surface area contributed by atoms with E-state index in [9.17, 15) is 4.79 Å². The maximum Gasteiger partial charge on any atom is 0.293 e. The first-order valence-corrected chi connectivity index (χ1v) is 8.65. The number of pyridine rings is 1. The first-order chi connectivity index (χ1) is 11.7. The van der Waals surface area contributed by atoms with Gasteiger partial charge in [0.2, 0.25) is 0 Å². The fourth-order valence-electron chi connectivity index (χ4n) is 3.73. The topological polar surface area (TPSA) is 63.1 Å². The molecule has 0 bridgehead atoms. The maximum absolute atomic E-state index is 12.5. The van der Waals surface area contributed by atoms with Crippen molar-refractivity contribution in [1.82, 2.24) is 19.4 Å². The molecule has 126 valence electrons. The molecular formula is C18H23N5O. The Morgan fingerprint density at radius 2 is 2.17 bits per heavy atom. The van der Waals surface area contributed by atoms with Crippen molar-refractivity contribution in [1.29, 1.82) is 0 Å². The van der Waals surface area contributed by atoms with E-state index < -0.39 is 0 Å². The zero-order valence-corrected chi connectivity index (χ0v) is 13.9. The predicted molar refractivity (Wildman–Crippen MR) is 93.0 cm³/mol. The third kappa shape index (κ3) is 2.94. The van der Waals surface area contributed by atoms with Crippen molar-refractivity contribution in [2.24, 2.45) is 5.92 Å². The smallest absolute Gasteiger partial charge is 0.293 e. The standard InChI is InChI=1S/C18H23N5O/c1-22-9-6-14(16(22)13-3-2-7-19-11-13)12-21-17-18(24)23(10-8-20-17)15-4-5-15/h2-3,7-8,10-11,14-16H,4-6,9,12H2,1H3,(H,20,21)/t14-,16-/m0/s1. The quantitative estimate of drug-likeness (QED) is 0.912. The normalized spacial score (nSPS) is 24.2. The van der Waals surface area contributed by atoms with Crippen LogP contribution in [0.4, 0.5) is 5.82 Å². The van der Waals surface area contributed by atoms with Gasteiger partial charge in [-0.15, -0.1) is 0 Å². The summed E-state index contributed by atoms with van der Waals surface area (Å²) in [6, 6.07) is 4.83. The van der Waals surface area contributed by atoms with Crippen LogP contribution < -0.4 is 10.9 Å². The molecule has 0 unspecified atom stereocenters. The largest absolute Gasteiger partial charge is 0.365 e. The SMILES string of the molecule is CN1CC[C@@H](CNc2nccn(C3CC3)c2=O)[C@@H]1c1cccnc1. The third-order valence-electron chi connectivity index (χ3n) is 5.14. The minimum absolute atomic E-state index is 0.00396. The molecule has 1 saturated heterocycles. The van der Waals surface area contributed by atoms with E-state index in [-0.39, 0.29) is 5.56 Å². The Kier molecular flexibility index (Phi) is 4.06. The van der Waals surface area contributed by atoms with Crippen LogP contribution >= 0.6 is 0 Å². The van der Waals surface area contributed by atoms with E-state index >= 15 is 0 Å². The molecule has 2 aromatic heterocycles. The van der Waals surface area contributed by atoms with Crippen LogP contribution in [0.25, 0.3) is 0 Å². The van der Waals surface area contributed by atoms with E-state index in [0.717, 1.165) is 32.4 Å². The average Bonchev–Trinajstić information content (AvgIpc) is 3.38. The van der Waals surface area contributed by atoms with Crippen LogP contribution in [0.3, 0.4) is 0 Å². The highest BCUT2D eigenvalue weighted by Crippen LogP contribution is 2.36. The van der Waals surface area contributed by atoms with Crippen LogP contribution in [0.5, 0.6) is 0 Å². The fraction of sp³-hybridized carbons (Fsp3) is 0.500. The van der Waals surface area contributed by atoms with Gasteiger partial charge in [0.05, 0.1) is 0 Å². The van der Waals surface area contributed by atoms with Gasteiger partial charge in [0.15, 0.2) is 5.82 Å². The van der Waals surface area contributed by atoms with Crippen molar-refractivity contribution in [2.45, 2.75) is 31.3 Å². The van der Waals surface area contributed by atoms with Crippen molar-refractivity contribution in [3.8, 4) is 0 Å². The lowest BCUT2D eigenvalue weighted by Gasteiger charge is -2.25. The average molecular weight is 325 g/mol. The molecule has 1 aliphatic carbocycles. The highest BCUT2D eigenvalue weighted by atomic mass is 16.1. The van der Waals surface area contributed by atoms with Crippen molar-refractivity contribution in [3.05, 3.63) is 52.8 Å². The minimum atomic E-state index is 0.00396. The van der Waals surface area contributed by atoms with Gasteiger partial charge in [0.25, 0.3) is 5.56 Å². The van der Waals surface area contributed by atoms with Gasteiger partial charge in [-0.2, -0.15) is 0 Å². The van der Waals surface area contributed by atoms with Crippen LogP contribution in [0, 0.1) is 5.92 Å². The van der Waals surface area contributed by atoms with Crippen molar-refractivity contribution in [2.75, 3.05) is 25.5 Å². The predicted octanol–water partition coefficient (Wildman–Crippen LogP) is 2.08. The molecule has 0 spiro atoms. The molecule has 6 nitrogen and oxygen atoms in total. The van der Waals surface area contributed by atoms with Gasteiger partial charge in [-0.3, -0.25) is 14.7 Å². The van der Waals surface area contributed by atoms with E-state index in [4.69, 9.17) is 0 Å². The van der Waals surface area contributed by atoms with Crippen LogP contribution in [0.1, 0.15) is 36.9 Å². The molecule has 24 heavy (non-hydrogen) atoms. The molecule has 0 aromatic carbocycles. The van der Waals surface area contributed by atoms with Crippen LogP contribution in [0.15, 0.2) is 41.7 Å². The Labute approximate surface area is 141 Å². The Bertz CT molecular complexity index is 756. The first-order valence-electron chi connectivity index (χ1n) is 8.65. The summed E-state index contributed by atoms with van der Waals surface area (Å²) < 4.78 is 1.81. The fourth-order valence-corrected chi connectivity index (χ4v) is 3.73. The van der Waals surface area contributed by atoms with Gasteiger partial charge in [0.1, 0.15) is 0 Å². The van der Waals surface area contributed by atoms with E-state index in [2.05, 4.69) is 33.3 Å². The summed E-state index contributed by atoms with van der Waals surface area (Å²) in [6.07, 6.45) is 10.6. The molecule has 4 rings (SSSR count). The zero-order valence-electron chi connectivity index (χ0n) is 13.9. The summed E-state index contributed by atoms with van der Waals surface area (Å²) in [4.78, 5) is 23.4. The molecule has 0 amide bonds. The number of nitrogens with one attached hydrogen (secondary N) is 1. The number of nitrogens with zero attached hydrogens (tertiary/aromatic N) is 4. The highest BCUT2D eigenvalue weighted by Gasteiger charge is 2.33. The Hall–Kier alpha value is -2.21. The molecule has 1 N–H and O–H groups in total. The lowest BCUT2D eigenvalue weighted by Crippen LogP contribution is -2.28. The third-order valence-corrected chi connectivity index (χ3v) is 5.14. The number of hydrogen-bond donors (Lipinski definition) is 1. The molecule has 1 saturated carbocycles. The molecule has 3 heterocycles. The van der Waals surface area contributed by atoms with E-state index in [1.165, 1.54) is 5.56 Å². The summed E-state index contributed by atoms with van der Waals surface area (Å²) in [7, 11) is 2.15. The molecule has 2 atom stereocenters. The minimum Gasteiger partial charge on any atom is -0.365 e. The molecule has 0 radical (unpaired) electrons. The molecule has 6 heteroatoms. The highest BCUT2D eigenvalue weighted by molar-refractivity contribution is 5.32. The number of aromatic nitrogens is 3. The summed E-state index contributed by atoms with van der Waals surface area (Å²) in [5.74, 6) is 0.916. The number of anilines is 1. The van der Waals surface area contributed by atoms with E-state index in [1.807, 2.05) is 16.8 Å². The number of likely N-dealkylation sites (tertiary alicyclic amines) is 1. The first kappa shape index (κ1) is 15.3. The van der Waals surface area contributed by atoms with Gasteiger partial charge < -0.3 is 9.88 Å². The summed E-state index contributed by atoms with van der Waals surface area (Å²) in [5, 5.41) is 3.31. The Balaban J connectivity index is 1.49. The lowest BCUT2D eigenvalue weighted by molar-refractivity contribution is 0.281. The maximum atomic E-state index is 12.5. The molecule has 2 fully saturated rings. The molecule has 2 aromatic rings. The lowest BCUT2D eigenvalue weighted by atomic mass is 9.95. The Morgan fingerprint density at radius 3 is 2.92 bits per heavy atom. The van der Waals surface area contributed by atoms with Crippen LogP contribution in [0.2, 0.25) is 0 Å². The number of hydrogen-bond acceptors (Lipinski definition) is 5. The summed E-state index contributed by atoms with van der Waals surface area (Å²) in [5.41, 5.74) is 1.24. The van der Waals surface area contributed by atoms with Crippen LogP contribution in [-0.2, 0) is 0 Å². The van der Waals surface area contributed by atoms with Gasteiger partial charge in [-0.05, 0) is 50.4 Å².